The van der Waals surface area contributed by atoms with Crippen LogP contribution >= 0.6 is 0 Å². The fourth-order valence-electron chi connectivity index (χ4n) is 1.16. The third-order valence-corrected chi connectivity index (χ3v) is 1.73. The topological polar surface area (TPSA) is 29.9 Å². The maximum absolute atomic E-state index is 11.8. The molecular weight excluding hydrogens is 195 g/mol. The first-order valence-corrected chi connectivity index (χ1v) is 4.15. The Morgan fingerprint density at radius 2 is 2.14 bits per heavy atom. The van der Waals surface area contributed by atoms with Gasteiger partial charge in [0.1, 0.15) is 0 Å². The Balaban J connectivity index is 2.42. The lowest BCUT2D eigenvalue weighted by atomic mass is 10.3. The molecule has 80 valence electrons. The largest absolute Gasteiger partial charge is 0.401 e. The van der Waals surface area contributed by atoms with E-state index < -0.39 is 12.7 Å². The second kappa shape index (κ2) is 4.00. The van der Waals surface area contributed by atoms with Crippen LogP contribution in [0.3, 0.4) is 0 Å². The summed E-state index contributed by atoms with van der Waals surface area (Å²) in [5, 5.41) is 6.33. The number of rotatable bonds is 3. The molecule has 14 heavy (non-hydrogen) atoms. The maximum Gasteiger partial charge on any atom is 0.401 e. The highest BCUT2D eigenvalue weighted by Crippen LogP contribution is 2.12. The number of hydrogen-bond acceptors (Lipinski definition) is 2. The van der Waals surface area contributed by atoms with Crippen molar-refractivity contribution in [2.45, 2.75) is 19.6 Å². The molecule has 6 heteroatoms. The number of nitrogens with one attached hydrogen (secondary N) is 1. The van der Waals surface area contributed by atoms with Crippen molar-refractivity contribution in [3.63, 3.8) is 0 Å². The van der Waals surface area contributed by atoms with Gasteiger partial charge in [0.15, 0.2) is 0 Å². The van der Waals surface area contributed by atoms with Crippen LogP contribution in [-0.2, 0) is 13.6 Å². The maximum atomic E-state index is 11.8. The van der Waals surface area contributed by atoms with Gasteiger partial charge in [0.25, 0.3) is 0 Å². The van der Waals surface area contributed by atoms with Crippen LogP contribution in [0.5, 0.6) is 0 Å². The van der Waals surface area contributed by atoms with Gasteiger partial charge in [0, 0.05) is 13.6 Å². The van der Waals surface area contributed by atoms with Crippen LogP contribution in [0.4, 0.5) is 13.2 Å². The van der Waals surface area contributed by atoms with Crippen molar-refractivity contribution in [1.29, 1.82) is 0 Å². The molecule has 0 spiro atoms. The molecule has 0 unspecified atom stereocenters. The molecule has 0 saturated carbocycles. The molecule has 1 aromatic heterocycles. The minimum atomic E-state index is -4.16. The van der Waals surface area contributed by atoms with Crippen molar-refractivity contribution < 1.29 is 13.2 Å². The summed E-state index contributed by atoms with van der Waals surface area (Å²) < 4.78 is 36.9. The lowest BCUT2D eigenvalue weighted by molar-refractivity contribution is -0.125. The molecule has 1 rings (SSSR count). The molecule has 0 aliphatic carbocycles. The molecule has 0 fully saturated rings. The van der Waals surface area contributed by atoms with Gasteiger partial charge >= 0.3 is 6.18 Å². The van der Waals surface area contributed by atoms with Gasteiger partial charge in [-0.05, 0) is 13.0 Å². The predicted octanol–water partition coefficient (Wildman–Crippen LogP) is 1.38. The highest BCUT2D eigenvalue weighted by molar-refractivity contribution is 5.08. The van der Waals surface area contributed by atoms with E-state index in [1.807, 2.05) is 0 Å². The van der Waals surface area contributed by atoms with Gasteiger partial charge in [-0.2, -0.15) is 18.3 Å². The van der Waals surface area contributed by atoms with E-state index >= 15 is 0 Å². The summed E-state index contributed by atoms with van der Waals surface area (Å²) in [5.74, 6) is 0. The molecule has 0 amide bonds. The summed E-state index contributed by atoms with van der Waals surface area (Å²) in [6, 6.07) is 1.75. The number of halogens is 3. The SMILES string of the molecule is Cc1cc(CNCC(F)(F)F)n(C)n1. The number of aromatic nitrogens is 2. The van der Waals surface area contributed by atoms with Gasteiger partial charge in [-0.1, -0.05) is 0 Å². The summed E-state index contributed by atoms with van der Waals surface area (Å²) in [6.45, 7) is 1.00. The summed E-state index contributed by atoms with van der Waals surface area (Å²) in [6.07, 6.45) is -4.16. The van der Waals surface area contributed by atoms with Crippen LogP contribution < -0.4 is 5.32 Å². The van der Waals surface area contributed by atoms with Crippen LogP contribution in [0.25, 0.3) is 0 Å². The molecule has 0 atom stereocenters. The summed E-state index contributed by atoms with van der Waals surface area (Å²) in [4.78, 5) is 0. The third kappa shape index (κ3) is 3.37. The number of aryl methyl sites for hydroxylation is 2. The first-order chi connectivity index (χ1) is 6.38. The number of alkyl halides is 3. The Kier molecular flexibility index (Phi) is 3.15. The Morgan fingerprint density at radius 3 is 2.57 bits per heavy atom. The Bertz CT molecular complexity index is 303. The average Bonchev–Trinajstić information content (AvgIpc) is 2.27. The molecule has 0 saturated heterocycles. The Hall–Kier alpha value is -1.04. The van der Waals surface area contributed by atoms with E-state index in [9.17, 15) is 13.2 Å². The fraction of sp³-hybridized carbons (Fsp3) is 0.625. The molecule has 0 aromatic carbocycles. The quantitative estimate of drug-likeness (QED) is 0.811. The average molecular weight is 207 g/mol. The van der Waals surface area contributed by atoms with Gasteiger partial charge in [-0.3, -0.25) is 4.68 Å². The summed E-state index contributed by atoms with van der Waals surface area (Å²) in [5.41, 5.74) is 1.54. The summed E-state index contributed by atoms with van der Waals surface area (Å²) in [7, 11) is 1.71. The molecule has 1 heterocycles. The standard InChI is InChI=1S/C8H12F3N3/c1-6-3-7(14(2)13-6)4-12-5-8(9,10)11/h3,12H,4-5H2,1-2H3. The van der Waals surface area contributed by atoms with Crippen molar-refractivity contribution >= 4 is 0 Å². The minimum absolute atomic E-state index is 0.177. The van der Waals surface area contributed by atoms with Crippen molar-refractivity contribution in [1.82, 2.24) is 15.1 Å². The fourth-order valence-corrected chi connectivity index (χ4v) is 1.16. The molecule has 0 radical (unpaired) electrons. The zero-order valence-electron chi connectivity index (χ0n) is 8.02. The van der Waals surface area contributed by atoms with Gasteiger partial charge in [-0.15, -0.1) is 0 Å². The van der Waals surface area contributed by atoms with Crippen LogP contribution in [-0.4, -0.2) is 22.5 Å². The Morgan fingerprint density at radius 1 is 1.50 bits per heavy atom. The Labute approximate surface area is 79.9 Å². The molecule has 0 aliphatic heterocycles. The zero-order chi connectivity index (χ0) is 10.8. The normalized spacial score (nSPS) is 12.1. The first kappa shape index (κ1) is 11.0. The third-order valence-electron chi connectivity index (χ3n) is 1.73. The zero-order valence-corrected chi connectivity index (χ0v) is 8.02. The molecule has 1 N–H and O–H groups in total. The minimum Gasteiger partial charge on any atom is -0.303 e. The van der Waals surface area contributed by atoms with Gasteiger partial charge in [0.05, 0.1) is 17.9 Å². The van der Waals surface area contributed by atoms with Crippen molar-refractivity contribution in [2.75, 3.05) is 6.54 Å². The van der Waals surface area contributed by atoms with E-state index in [-0.39, 0.29) is 6.54 Å². The first-order valence-electron chi connectivity index (χ1n) is 4.15. The highest BCUT2D eigenvalue weighted by Gasteiger charge is 2.26. The van der Waals surface area contributed by atoms with Gasteiger partial charge in [0.2, 0.25) is 0 Å². The van der Waals surface area contributed by atoms with Crippen molar-refractivity contribution in [3.05, 3.63) is 17.5 Å². The second-order valence-corrected chi connectivity index (χ2v) is 3.12. The van der Waals surface area contributed by atoms with Crippen LogP contribution in [0.2, 0.25) is 0 Å². The van der Waals surface area contributed by atoms with E-state index in [0.717, 1.165) is 11.4 Å². The summed E-state index contributed by atoms with van der Waals surface area (Å²) >= 11 is 0. The van der Waals surface area contributed by atoms with Crippen LogP contribution in [0, 0.1) is 6.92 Å². The number of nitrogens with zero attached hydrogens (tertiary/aromatic N) is 2. The smallest absolute Gasteiger partial charge is 0.303 e. The molecular formula is C8H12F3N3. The van der Waals surface area contributed by atoms with Crippen LogP contribution in [0.1, 0.15) is 11.4 Å². The van der Waals surface area contributed by atoms with E-state index in [2.05, 4.69) is 10.4 Å². The van der Waals surface area contributed by atoms with Crippen molar-refractivity contribution in [3.8, 4) is 0 Å². The predicted molar refractivity (Wildman–Crippen MR) is 45.7 cm³/mol. The van der Waals surface area contributed by atoms with Gasteiger partial charge in [-0.25, -0.2) is 0 Å². The second-order valence-electron chi connectivity index (χ2n) is 3.12. The molecule has 0 bridgehead atoms. The molecule has 1 aromatic rings. The molecule has 3 nitrogen and oxygen atoms in total. The number of hydrogen-bond donors (Lipinski definition) is 1. The van der Waals surface area contributed by atoms with E-state index in [0.29, 0.717) is 0 Å². The van der Waals surface area contributed by atoms with Crippen LogP contribution in [0.15, 0.2) is 6.07 Å². The van der Waals surface area contributed by atoms with E-state index in [4.69, 9.17) is 0 Å². The lowest BCUT2D eigenvalue weighted by Gasteiger charge is -2.07. The van der Waals surface area contributed by atoms with E-state index in [1.165, 1.54) is 0 Å². The van der Waals surface area contributed by atoms with E-state index in [1.54, 1.807) is 24.7 Å². The highest BCUT2D eigenvalue weighted by atomic mass is 19.4. The van der Waals surface area contributed by atoms with Gasteiger partial charge < -0.3 is 5.32 Å². The lowest BCUT2D eigenvalue weighted by Crippen LogP contribution is -2.28. The van der Waals surface area contributed by atoms with Crippen molar-refractivity contribution in [2.24, 2.45) is 7.05 Å². The monoisotopic (exact) mass is 207 g/mol. The molecule has 0 aliphatic rings.